The summed E-state index contributed by atoms with van der Waals surface area (Å²) in [7, 11) is 3.05. The summed E-state index contributed by atoms with van der Waals surface area (Å²) in [5.74, 6) is -2.32. The fraction of sp³-hybridized carbons (Fsp3) is 0.480. The van der Waals surface area contributed by atoms with E-state index in [9.17, 15) is 14.4 Å². The quantitative estimate of drug-likeness (QED) is 0.492. The maximum Gasteiger partial charge on any atom is 0.336 e. The van der Waals surface area contributed by atoms with Gasteiger partial charge in [0, 0.05) is 22.9 Å². The second-order valence-corrected chi connectivity index (χ2v) is 8.10. The van der Waals surface area contributed by atoms with Gasteiger partial charge < -0.3 is 24.3 Å². The first kappa shape index (κ1) is 24.4. The van der Waals surface area contributed by atoms with Crippen LogP contribution >= 0.6 is 0 Å². The summed E-state index contributed by atoms with van der Waals surface area (Å²) >= 11 is 0. The third-order valence-corrected chi connectivity index (χ3v) is 6.06. The number of hydrogen-bond donors (Lipinski definition) is 1. The summed E-state index contributed by atoms with van der Waals surface area (Å²) in [5.41, 5.74) is 2.69. The van der Waals surface area contributed by atoms with E-state index in [4.69, 9.17) is 18.9 Å². The van der Waals surface area contributed by atoms with E-state index in [0.717, 1.165) is 0 Å². The van der Waals surface area contributed by atoms with Crippen molar-refractivity contribution in [3.63, 3.8) is 0 Å². The number of nitrogens with one attached hydrogen (secondary N) is 1. The van der Waals surface area contributed by atoms with Gasteiger partial charge in [0.1, 0.15) is 5.92 Å². The summed E-state index contributed by atoms with van der Waals surface area (Å²) in [4.78, 5) is 39.5. The molecule has 0 fully saturated rings. The molecule has 0 saturated carbocycles. The molecular formula is C25H31NO7. The Bertz CT molecular complexity index is 1020. The zero-order valence-corrected chi connectivity index (χ0v) is 19.9. The van der Waals surface area contributed by atoms with E-state index < -0.39 is 23.8 Å². The lowest BCUT2D eigenvalue weighted by atomic mass is 9.69. The van der Waals surface area contributed by atoms with Crippen molar-refractivity contribution in [2.75, 3.05) is 27.4 Å². The molecule has 33 heavy (non-hydrogen) atoms. The highest BCUT2D eigenvalue weighted by Crippen LogP contribution is 2.46. The number of carbonyl (C=O) groups excluding carboxylic acids is 3. The van der Waals surface area contributed by atoms with Crippen LogP contribution < -0.4 is 14.8 Å². The van der Waals surface area contributed by atoms with Crippen LogP contribution in [0, 0.1) is 11.8 Å². The second-order valence-electron chi connectivity index (χ2n) is 8.10. The van der Waals surface area contributed by atoms with E-state index in [2.05, 4.69) is 5.32 Å². The number of rotatable bonds is 7. The average molecular weight is 458 g/mol. The number of esters is 2. The van der Waals surface area contributed by atoms with Crippen molar-refractivity contribution in [2.24, 2.45) is 11.8 Å². The van der Waals surface area contributed by atoms with Gasteiger partial charge in [0.25, 0.3) is 0 Å². The molecule has 0 saturated heterocycles. The van der Waals surface area contributed by atoms with Crippen LogP contribution in [0.3, 0.4) is 0 Å². The minimum absolute atomic E-state index is 0.186. The van der Waals surface area contributed by atoms with Crippen LogP contribution in [0.5, 0.6) is 11.5 Å². The summed E-state index contributed by atoms with van der Waals surface area (Å²) in [5, 5.41) is 3.24. The predicted molar refractivity (Wildman–Crippen MR) is 121 cm³/mol. The van der Waals surface area contributed by atoms with Crippen molar-refractivity contribution >= 4 is 17.7 Å². The van der Waals surface area contributed by atoms with Crippen molar-refractivity contribution in [1.82, 2.24) is 5.32 Å². The molecule has 1 N–H and O–H groups in total. The lowest BCUT2D eigenvalue weighted by Crippen LogP contribution is -2.43. The first-order valence-electron chi connectivity index (χ1n) is 11.1. The molecule has 1 aliphatic heterocycles. The number of ether oxygens (including phenoxy) is 4. The van der Waals surface area contributed by atoms with Gasteiger partial charge in [-0.2, -0.15) is 0 Å². The van der Waals surface area contributed by atoms with Gasteiger partial charge in [-0.3, -0.25) is 9.59 Å². The van der Waals surface area contributed by atoms with Gasteiger partial charge in [-0.15, -0.1) is 0 Å². The molecule has 178 valence electrons. The zero-order valence-electron chi connectivity index (χ0n) is 19.9. The number of carbonyl (C=O) groups is 3. The van der Waals surface area contributed by atoms with Crippen LogP contribution in [-0.2, 0) is 23.9 Å². The van der Waals surface area contributed by atoms with Crippen molar-refractivity contribution in [3.8, 4) is 11.5 Å². The maximum atomic E-state index is 13.8. The normalized spacial score (nSPS) is 22.4. The van der Waals surface area contributed by atoms with Gasteiger partial charge in [-0.25, -0.2) is 4.79 Å². The molecule has 3 rings (SSSR count). The van der Waals surface area contributed by atoms with E-state index in [0.29, 0.717) is 46.0 Å². The number of dihydropyridines is 1. The Morgan fingerprint density at radius 1 is 1.06 bits per heavy atom. The molecular weight excluding hydrogens is 426 g/mol. The smallest absolute Gasteiger partial charge is 0.336 e. The molecule has 1 heterocycles. The Labute approximate surface area is 193 Å². The molecule has 0 spiro atoms. The Kier molecular flexibility index (Phi) is 7.46. The Hall–Kier alpha value is -3.29. The predicted octanol–water partition coefficient (Wildman–Crippen LogP) is 3.27. The maximum absolute atomic E-state index is 13.8. The van der Waals surface area contributed by atoms with Crippen molar-refractivity contribution in [1.29, 1.82) is 0 Å². The molecule has 0 aromatic heterocycles. The first-order valence-corrected chi connectivity index (χ1v) is 11.1. The van der Waals surface area contributed by atoms with Crippen LogP contribution in [0.1, 0.15) is 45.6 Å². The van der Waals surface area contributed by atoms with Gasteiger partial charge in [0.2, 0.25) is 0 Å². The minimum atomic E-state index is -0.935. The van der Waals surface area contributed by atoms with Crippen LogP contribution in [0.25, 0.3) is 0 Å². The van der Waals surface area contributed by atoms with Crippen molar-refractivity contribution in [2.45, 2.75) is 40.0 Å². The highest BCUT2D eigenvalue weighted by molar-refractivity contribution is 6.12. The van der Waals surface area contributed by atoms with Gasteiger partial charge >= 0.3 is 11.9 Å². The first-order chi connectivity index (χ1) is 15.8. The number of benzene rings is 1. The third-order valence-electron chi connectivity index (χ3n) is 6.06. The minimum Gasteiger partial charge on any atom is -0.493 e. The molecule has 1 aromatic carbocycles. The Morgan fingerprint density at radius 3 is 2.33 bits per heavy atom. The largest absolute Gasteiger partial charge is 0.493 e. The van der Waals surface area contributed by atoms with Gasteiger partial charge in [0.05, 0.1) is 33.0 Å². The fourth-order valence-corrected chi connectivity index (χ4v) is 4.63. The van der Waals surface area contributed by atoms with E-state index in [1.165, 1.54) is 14.2 Å². The lowest BCUT2D eigenvalue weighted by molar-refractivity contribution is -0.153. The number of allylic oxidation sites excluding steroid dienone is 3. The molecule has 1 aliphatic carbocycles. The van der Waals surface area contributed by atoms with E-state index >= 15 is 0 Å². The van der Waals surface area contributed by atoms with Crippen LogP contribution in [0.2, 0.25) is 0 Å². The standard InChI is InChI=1S/C25H31NO7/c1-7-32-24(28)19-13(3)11-16-22(23(19)27)21(20(14(4)26-16)25(29)33-8-2)15-9-10-17(30-5)18(12-15)31-6/h9-10,12-13,19,21,26H,7-8,11H2,1-6H3. The van der Waals surface area contributed by atoms with E-state index in [-0.39, 0.29) is 24.9 Å². The molecule has 1 aromatic rings. The zero-order chi connectivity index (χ0) is 24.3. The number of hydrogen-bond acceptors (Lipinski definition) is 8. The summed E-state index contributed by atoms with van der Waals surface area (Å²) in [6, 6.07) is 5.27. The highest BCUT2D eigenvalue weighted by Gasteiger charge is 2.47. The summed E-state index contributed by atoms with van der Waals surface area (Å²) in [6.45, 7) is 7.46. The summed E-state index contributed by atoms with van der Waals surface area (Å²) in [6.07, 6.45) is 0.474. The van der Waals surface area contributed by atoms with Gasteiger partial charge in [0.15, 0.2) is 17.3 Å². The molecule has 3 unspecified atom stereocenters. The highest BCUT2D eigenvalue weighted by atomic mass is 16.5. The lowest BCUT2D eigenvalue weighted by Gasteiger charge is -2.38. The van der Waals surface area contributed by atoms with E-state index in [1.807, 2.05) is 6.92 Å². The van der Waals surface area contributed by atoms with Crippen LogP contribution in [-0.4, -0.2) is 45.2 Å². The summed E-state index contributed by atoms with van der Waals surface area (Å²) < 4.78 is 21.3. The molecule has 8 heteroatoms. The van der Waals surface area contributed by atoms with Crippen molar-refractivity contribution in [3.05, 3.63) is 46.3 Å². The average Bonchev–Trinajstić information content (AvgIpc) is 2.77. The SMILES string of the molecule is CCOC(=O)C1=C(C)NC2=C(C(=O)C(C(=O)OCC)C(C)C2)C1c1ccc(OC)c(OC)c1. The van der Waals surface area contributed by atoms with Crippen LogP contribution in [0.15, 0.2) is 40.7 Å². The van der Waals surface area contributed by atoms with Gasteiger partial charge in [-0.05, 0) is 50.8 Å². The Balaban J connectivity index is 2.20. The fourth-order valence-electron chi connectivity index (χ4n) is 4.63. The van der Waals surface area contributed by atoms with Crippen LogP contribution in [0.4, 0.5) is 0 Å². The molecule has 0 bridgehead atoms. The Morgan fingerprint density at radius 2 is 1.73 bits per heavy atom. The third kappa shape index (κ3) is 4.47. The monoisotopic (exact) mass is 457 g/mol. The number of methoxy groups -OCH3 is 2. The molecule has 0 amide bonds. The second kappa shape index (κ2) is 10.1. The molecule has 0 radical (unpaired) electrons. The van der Waals surface area contributed by atoms with Crippen molar-refractivity contribution < 1.29 is 33.3 Å². The van der Waals surface area contributed by atoms with Gasteiger partial charge in [-0.1, -0.05) is 13.0 Å². The molecule has 2 aliphatic rings. The number of Topliss-reactive ketones (excluding diaryl/α,β-unsaturated/α-hetero) is 1. The topological polar surface area (TPSA) is 100 Å². The van der Waals surface area contributed by atoms with E-state index in [1.54, 1.807) is 39.0 Å². The number of ketones is 1. The molecule has 3 atom stereocenters. The molecule has 8 nitrogen and oxygen atoms in total.